The van der Waals surface area contributed by atoms with Crippen molar-refractivity contribution in [1.82, 2.24) is 0 Å². The lowest BCUT2D eigenvalue weighted by Crippen LogP contribution is -2.27. The number of benzene rings is 3. The van der Waals surface area contributed by atoms with E-state index in [1.54, 1.807) is 17.0 Å². The SMILES string of the molecule is Cc1ccc(C(=O)Oc2ccc(C(=O)COC(=O)[C@@H]3CC(=O)N(c4ccccc4C)C3)cc2)cc1. The first-order chi connectivity index (χ1) is 16.8. The van der Waals surface area contributed by atoms with Gasteiger partial charge in [0, 0.05) is 24.2 Å². The minimum Gasteiger partial charge on any atom is -0.457 e. The van der Waals surface area contributed by atoms with Gasteiger partial charge in [-0.1, -0.05) is 35.9 Å². The number of anilines is 1. The van der Waals surface area contributed by atoms with Crippen LogP contribution in [0.15, 0.2) is 72.8 Å². The summed E-state index contributed by atoms with van der Waals surface area (Å²) in [5.74, 6) is -1.95. The number of carbonyl (C=O) groups is 4. The van der Waals surface area contributed by atoms with Crippen molar-refractivity contribution >= 4 is 29.3 Å². The molecule has 1 aliphatic rings. The second-order valence-corrected chi connectivity index (χ2v) is 8.50. The summed E-state index contributed by atoms with van der Waals surface area (Å²) in [5, 5.41) is 0. The molecule has 3 aromatic carbocycles. The van der Waals surface area contributed by atoms with Gasteiger partial charge in [-0.25, -0.2) is 4.79 Å². The van der Waals surface area contributed by atoms with Crippen LogP contribution >= 0.6 is 0 Å². The van der Waals surface area contributed by atoms with Gasteiger partial charge in [-0.2, -0.15) is 0 Å². The number of ketones is 1. The number of hydrogen-bond donors (Lipinski definition) is 0. The van der Waals surface area contributed by atoms with Crippen molar-refractivity contribution in [3.8, 4) is 5.75 Å². The number of rotatable bonds is 7. The molecule has 7 nitrogen and oxygen atoms in total. The van der Waals surface area contributed by atoms with Gasteiger partial charge in [0.25, 0.3) is 0 Å². The highest BCUT2D eigenvalue weighted by Crippen LogP contribution is 2.28. The number of carbonyl (C=O) groups excluding carboxylic acids is 4. The topological polar surface area (TPSA) is 90.0 Å². The van der Waals surface area contributed by atoms with Crippen LogP contribution in [0.1, 0.15) is 38.3 Å². The van der Waals surface area contributed by atoms with Gasteiger partial charge in [-0.15, -0.1) is 0 Å². The second-order valence-electron chi connectivity index (χ2n) is 8.50. The largest absolute Gasteiger partial charge is 0.457 e. The molecule has 35 heavy (non-hydrogen) atoms. The van der Waals surface area contributed by atoms with Crippen LogP contribution in [-0.2, 0) is 14.3 Å². The van der Waals surface area contributed by atoms with Crippen molar-refractivity contribution in [3.63, 3.8) is 0 Å². The number of para-hydroxylation sites is 1. The average Bonchev–Trinajstić information content (AvgIpc) is 3.25. The molecule has 1 aliphatic heterocycles. The summed E-state index contributed by atoms with van der Waals surface area (Å²) in [7, 11) is 0. The van der Waals surface area contributed by atoms with Gasteiger partial charge in [-0.05, 0) is 61.9 Å². The maximum absolute atomic E-state index is 12.5. The van der Waals surface area contributed by atoms with Gasteiger partial charge in [0.15, 0.2) is 12.4 Å². The highest BCUT2D eigenvalue weighted by molar-refractivity contribution is 6.01. The van der Waals surface area contributed by atoms with Crippen molar-refractivity contribution in [2.75, 3.05) is 18.1 Å². The average molecular weight is 472 g/mol. The first-order valence-electron chi connectivity index (χ1n) is 11.3. The monoisotopic (exact) mass is 471 g/mol. The van der Waals surface area contributed by atoms with Gasteiger partial charge in [0.2, 0.25) is 5.91 Å². The minimum atomic E-state index is -0.626. The Bertz CT molecular complexity index is 1260. The number of ether oxygens (including phenoxy) is 2. The molecule has 1 fully saturated rings. The molecule has 0 aromatic heterocycles. The number of hydrogen-bond acceptors (Lipinski definition) is 6. The third kappa shape index (κ3) is 5.63. The first kappa shape index (κ1) is 23.9. The van der Waals surface area contributed by atoms with Crippen molar-refractivity contribution in [2.45, 2.75) is 20.3 Å². The van der Waals surface area contributed by atoms with Crippen molar-refractivity contribution < 1.29 is 28.7 Å². The lowest BCUT2D eigenvalue weighted by Gasteiger charge is -2.18. The third-order valence-corrected chi connectivity index (χ3v) is 5.88. The molecule has 0 spiro atoms. The maximum Gasteiger partial charge on any atom is 0.343 e. The summed E-state index contributed by atoms with van der Waals surface area (Å²) in [6.07, 6.45) is 0.0441. The van der Waals surface area contributed by atoms with Crippen molar-refractivity contribution in [3.05, 3.63) is 95.1 Å². The molecular formula is C28H25NO6. The Morgan fingerprint density at radius 2 is 1.54 bits per heavy atom. The first-order valence-corrected chi connectivity index (χ1v) is 11.3. The summed E-state index contributed by atoms with van der Waals surface area (Å²) in [6, 6.07) is 20.5. The Hall–Kier alpha value is -4.26. The molecule has 4 rings (SSSR count). The van der Waals surface area contributed by atoms with E-state index in [-0.39, 0.29) is 18.9 Å². The summed E-state index contributed by atoms with van der Waals surface area (Å²) >= 11 is 0. The van der Waals surface area contributed by atoms with Crippen LogP contribution in [0.2, 0.25) is 0 Å². The van der Waals surface area contributed by atoms with E-state index < -0.39 is 30.2 Å². The number of Topliss-reactive ketones (excluding diaryl/α,β-unsaturated/α-hetero) is 1. The van der Waals surface area contributed by atoms with Gasteiger partial charge in [0.05, 0.1) is 11.5 Å². The van der Waals surface area contributed by atoms with Crippen molar-refractivity contribution in [1.29, 1.82) is 0 Å². The number of nitrogens with zero attached hydrogens (tertiary/aromatic N) is 1. The van der Waals surface area contributed by atoms with E-state index >= 15 is 0 Å². The second kappa shape index (κ2) is 10.3. The predicted molar refractivity (Wildman–Crippen MR) is 130 cm³/mol. The lowest BCUT2D eigenvalue weighted by atomic mass is 10.1. The number of amides is 1. The molecule has 0 aliphatic carbocycles. The summed E-state index contributed by atoms with van der Waals surface area (Å²) in [6.45, 7) is 3.62. The van der Waals surface area contributed by atoms with Crippen LogP contribution in [0.5, 0.6) is 5.75 Å². The fraction of sp³-hybridized carbons (Fsp3) is 0.214. The highest BCUT2D eigenvalue weighted by Gasteiger charge is 2.36. The molecule has 0 unspecified atom stereocenters. The summed E-state index contributed by atoms with van der Waals surface area (Å²) in [5.41, 5.74) is 3.49. The molecule has 3 aromatic rings. The van der Waals surface area contributed by atoms with Crippen LogP contribution in [0.25, 0.3) is 0 Å². The molecule has 0 N–H and O–H groups in total. The van der Waals surface area contributed by atoms with Crippen LogP contribution < -0.4 is 9.64 Å². The molecule has 7 heteroatoms. The van der Waals surface area contributed by atoms with E-state index in [0.717, 1.165) is 16.8 Å². The molecule has 0 bridgehead atoms. The predicted octanol–water partition coefficient (Wildman–Crippen LogP) is 4.30. The molecular weight excluding hydrogens is 446 g/mol. The normalized spacial score (nSPS) is 15.1. The molecule has 1 heterocycles. The highest BCUT2D eigenvalue weighted by atomic mass is 16.5. The Labute approximate surface area is 203 Å². The zero-order valence-electron chi connectivity index (χ0n) is 19.5. The molecule has 0 radical (unpaired) electrons. The Morgan fingerprint density at radius 3 is 2.23 bits per heavy atom. The Balaban J connectivity index is 1.29. The van der Waals surface area contributed by atoms with Gasteiger partial charge in [0.1, 0.15) is 5.75 Å². The van der Waals surface area contributed by atoms with Crippen LogP contribution in [-0.4, -0.2) is 36.8 Å². The van der Waals surface area contributed by atoms with E-state index in [0.29, 0.717) is 16.9 Å². The van der Waals surface area contributed by atoms with Crippen LogP contribution in [0, 0.1) is 19.8 Å². The van der Waals surface area contributed by atoms with Gasteiger partial charge in [-0.3, -0.25) is 14.4 Å². The quantitative estimate of drug-likeness (QED) is 0.290. The Morgan fingerprint density at radius 1 is 0.886 bits per heavy atom. The number of esters is 2. The molecule has 178 valence electrons. The third-order valence-electron chi connectivity index (χ3n) is 5.88. The standard InChI is InChI=1S/C28H25NO6/c1-18-7-9-21(10-8-18)28(33)35-23-13-11-20(12-14-23)25(30)17-34-27(32)22-15-26(31)29(16-22)24-6-4-3-5-19(24)2/h3-14,22H,15-17H2,1-2H3/t22-/m1/s1. The molecule has 1 saturated heterocycles. The fourth-order valence-electron chi connectivity index (χ4n) is 3.87. The zero-order valence-corrected chi connectivity index (χ0v) is 19.5. The summed E-state index contributed by atoms with van der Waals surface area (Å²) < 4.78 is 10.5. The minimum absolute atomic E-state index is 0.0441. The smallest absolute Gasteiger partial charge is 0.343 e. The van der Waals surface area contributed by atoms with E-state index in [2.05, 4.69) is 0 Å². The van der Waals surface area contributed by atoms with Crippen LogP contribution in [0.3, 0.4) is 0 Å². The van der Waals surface area contributed by atoms with E-state index in [1.807, 2.05) is 50.2 Å². The lowest BCUT2D eigenvalue weighted by molar-refractivity contribution is -0.147. The number of aryl methyl sites for hydroxylation is 2. The van der Waals surface area contributed by atoms with Gasteiger partial charge < -0.3 is 14.4 Å². The van der Waals surface area contributed by atoms with Gasteiger partial charge >= 0.3 is 11.9 Å². The van der Waals surface area contributed by atoms with E-state index in [9.17, 15) is 19.2 Å². The summed E-state index contributed by atoms with van der Waals surface area (Å²) in [4.78, 5) is 51.2. The fourth-order valence-corrected chi connectivity index (χ4v) is 3.87. The maximum atomic E-state index is 12.5. The molecule has 1 atom stereocenters. The zero-order chi connectivity index (χ0) is 24.9. The van der Waals surface area contributed by atoms with Crippen LogP contribution in [0.4, 0.5) is 5.69 Å². The Kier molecular flexibility index (Phi) is 7.06. The molecule has 0 saturated carbocycles. The molecule has 1 amide bonds. The van der Waals surface area contributed by atoms with Crippen molar-refractivity contribution in [2.24, 2.45) is 5.92 Å². The van der Waals surface area contributed by atoms with E-state index in [1.165, 1.54) is 24.3 Å². The van der Waals surface area contributed by atoms with E-state index in [4.69, 9.17) is 9.47 Å².